The van der Waals surface area contributed by atoms with E-state index in [0.717, 1.165) is 57.8 Å². The summed E-state index contributed by atoms with van der Waals surface area (Å²) in [5.41, 5.74) is 0. The van der Waals surface area contributed by atoms with Gasteiger partial charge in [-0.05, 0) is 51.4 Å². The average molecular weight is 1200 g/mol. The number of carbonyl (C=O) groups is 2. The molecule has 0 aromatic rings. The molecule has 502 valence electrons. The van der Waals surface area contributed by atoms with Crippen molar-refractivity contribution in [1.29, 1.82) is 0 Å². The first kappa shape index (κ1) is 81.2. The Balaban J connectivity index is 2.51. The van der Waals surface area contributed by atoms with Gasteiger partial charge in [-0.15, -0.1) is 0 Å². The van der Waals surface area contributed by atoms with Crippen molar-refractivity contribution in [3.8, 4) is 0 Å². The van der Waals surface area contributed by atoms with Gasteiger partial charge in [0.25, 0.3) is 0 Å². The van der Waals surface area contributed by atoms with Crippen LogP contribution in [-0.4, -0.2) is 99.6 Å². The molecule has 1 saturated heterocycles. The minimum atomic E-state index is -1.61. The third-order valence-corrected chi connectivity index (χ3v) is 17.9. The lowest BCUT2D eigenvalue weighted by Gasteiger charge is -2.41. The highest BCUT2D eigenvalue weighted by atomic mass is 16.7. The van der Waals surface area contributed by atoms with Gasteiger partial charge in [0.15, 0.2) is 12.4 Å². The molecule has 11 nitrogen and oxygen atoms in total. The molecule has 11 heteroatoms. The van der Waals surface area contributed by atoms with Crippen LogP contribution < -0.4 is 5.32 Å². The summed E-state index contributed by atoms with van der Waals surface area (Å²) < 4.78 is 17.7. The van der Waals surface area contributed by atoms with Crippen LogP contribution in [0.5, 0.6) is 0 Å². The summed E-state index contributed by atoms with van der Waals surface area (Å²) in [6.45, 7) is 5.85. The Morgan fingerprint density at radius 3 is 1.14 bits per heavy atom. The lowest BCUT2D eigenvalue weighted by Crippen LogP contribution is -2.61. The van der Waals surface area contributed by atoms with Crippen molar-refractivity contribution < 1.29 is 49.3 Å². The maximum Gasteiger partial charge on any atom is 0.306 e. The van der Waals surface area contributed by atoms with E-state index in [1.807, 2.05) is 6.08 Å². The molecular weight excluding hydrogens is 1060 g/mol. The van der Waals surface area contributed by atoms with E-state index in [2.05, 4.69) is 38.2 Å². The summed E-state index contributed by atoms with van der Waals surface area (Å²) >= 11 is 0. The van der Waals surface area contributed by atoms with Crippen LogP contribution in [-0.2, 0) is 23.8 Å². The van der Waals surface area contributed by atoms with Crippen molar-refractivity contribution in [2.24, 2.45) is 0 Å². The maximum absolute atomic E-state index is 13.5. The fraction of sp³-hybridized carbons (Fsp3) is 0.919. The molecule has 6 N–H and O–H groups in total. The van der Waals surface area contributed by atoms with Gasteiger partial charge >= 0.3 is 5.97 Å². The zero-order chi connectivity index (χ0) is 61.7. The predicted octanol–water partition coefficient (Wildman–Crippen LogP) is 19.2. The molecule has 85 heavy (non-hydrogen) atoms. The van der Waals surface area contributed by atoms with Gasteiger partial charge in [-0.25, -0.2) is 0 Å². The normalized spacial score (nSPS) is 18.4. The number of nitrogens with one attached hydrogen (secondary N) is 1. The molecule has 8 atom stereocenters. The van der Waals surface area contributed by atoms with E-state index in [-0.39, 0.29) is 13.0 Å². The van der Waals surface area contributed by atoms with Crippen LogP contribution in [0.2, 0.25) is 0 Å². The summed E-state index contributed by atoms with van der Waals surface area (Å²) in [4.78, 5) is 26.7. The summed E-state index contributed by atoms with van der Waals surface area (Å²) in [5, 5.41) is 57.3. The lowest BCUT2D eigenvalue weighted by molar-refractivity contribution is -0.305. The van der Waals surface area contributed by atoms with Crippen molar-refractivity contribution in [3.63, 3.8) is 0 Å². The van der Waals surface area contributed by atoms with Crippen LogP contribution in [0, 0.1) is 0 Å². The molecule has 0 saturated carbocycles. The molecule has 0 spiro atoms. The number of allylic oxidation sites excluding steroid dienone is 3. The van der Waals surface area contributed by atoms with Crippen molar-refractivity contribution in [3.05, 3.63) is 24.3 Å². The van der Waals surface area contributed by atoms with Crippen molar-refractivity contribution in [2.75, 3.05) is 13.2 Å². The largest absolute Gasteiger partial charge is 0.454 e. The van der Waals surface area contributed by atoms with Gasteiger partial charge in [-0.3, -0.25) is 9.59 Å². The first-order valence-electron chi connectivity index (χ1n) is 37.1. The molecule has 0 bridgehead atoms. The van der Waals surface area contributed by atoms with Gasteiger partial charge in [0, 0.05) is 6.42 Å². The number of amides is 1. The lowest BCUT2D eigenvalue weighted by atomic mass is 9.99. The van der Waals surface area contributed by atoms with Crippen molar-refractivity contribution in [2.45, 2.75) is 423 Å². The molecular formula is C74H141NO10. The molecule has 0 radical (unpaired) electrons. The Kier molecular flexibility index (Phi) is 59.5. The van der Waals surface area contributed by atoms with E-state index < -0.39 is 67.4 Å². The van der Waals surface area contributed by atoms with Gasteiger partial charge in [0.1, 0.15) is 24.4 Å². The Hall–Kier alpha value is -1.86. The van der Waals surface area contributed by atoms with Gasteiger partial charge in [-0.2, -0.15) is 0 Å². The second-order valence-corrected chi connectivity index (χ2v) is 26.0. The summed E-state index contributed by atoms with van der Waals surface area (Å²) in [6, 6.07) is -1.02. The zero-order valence-electron chi connectivity index (χ0n) is 56.0. The highest BCUT2D eigenvalue weighted by Gasteiger charge is 2.47. The Labute approximate surface area is 524 Å². The first-order chi connectivity index (χ1) is 41.7. The van der Waals surface area contributed by atoms with E-state index in [4.69, 9.17) is 14.2 Å². The zero-order valence-corrected chi connectivity index (χ0v) is 56.0. The summed E-state index contributed by atoms with van der Waals surface area (Å²) in [5.74, 6) is -1.17. The van der Waals surface area contributed by atoms with E-state index in [1.165, 1.54) is 270 Å². The van der Waals surface area contributed by atoms with E-state index >= 15 is 0 Å². The van der Waals surface area contributed by atoms with E-state index in [0.29, 0.717) is 19.3 Å². The monoisotopic (exact) mass is 1200 g/mol. The first-order valence-corrected chi connectivity index (χ1v) is 37.1. The van der Waals surface area contributed by atoms with Crippen molar-refractivity contribution >= 4 is 11.9 Å². The second-order valence-electron chi connectivity index (χ2n) is 26.0. The maximum atomic E-state index is 13.5. The fourth-order valence-corrected chi connectivity index (χ4v) is 12.0. The van der Waals surface area contributed by atoms with Crippen LogP contribution >= 0.6 is 0 Å². The Morgan fingerprint density at radius 2 is 0.776 bits per heavy atom. The van der Waals surface area contributed by atoms with Crippen LogP contribution in [0.1, 0.15) is 374 Å². The Morgan fingerprint density at radius 1 is 0.447 bits per heavy atom. The predicted molar refractivity (Wildman–Crippen MR) is 357 cm³/mol. The molecule has 8 unspecified atom stereocenters. The molecule has 1 fully saturated rings. The molecule has 1 rings (SSSR count). The minimum Gasteiger partial charge on any atom is -0.454 e. The molecule has 0 aromatic carbocycles. The summed E-state index contributed by atoms with van der Waals surface area (Å²) in [7, 11) is 0. The number of unbranched alkanes of at least 4 members (excludes halogenated alkanes) is 49. The topological polar surface area (TPSA) is 175 Å². The molecule has 1 aliphatic rings. The second kappa shape index (κ2) is 62.3. The van der Waals surface area contributed by atoms with Gasteiger partial charge in [0.2, 0.25) is 5.91 Å². The average Bonchev–Trinajstić information content (AvgIpc) is 3.69. The third-order valence-electron chi connectivity index (χ3n) is 17.9. The fourth-order valence-electron chi connectivity index (χ4n) is 12.0. The molecule has 1 amide bonds. The number of ether oxygens (including phenoxy) is 3. The number of carbonyl (C=O) groups excluding carboxylic acids is 2. The van der Waals surface area contributed by atoms with E-state index in [9.17, 15) is 35.1 Å². The highest BCUT2D eigenvalue weighted by Crippen LogP contribution is 2.27. The SMILES string of the molecule is CCCCCCCC/C=C/CCCCCCCCCCCCCCCCC(O)C(=O)NC(COC1OC(CO)C(O)C(O)C1OC(=O)CCCCCCCCCCCCCCCCCCCCCCC)C(O)/C=C/CCCCCCCCCCC. The van der Waals surface area contributed by atoms with Crippen LogP contribution in [0.25, 0.3) is 0 Å². The minimum absolute atomic E-state index is 0.131. The van der Waals surface area contributed by atoms with Crippen LogP contribution in [0.3, 0.4) is 0 Å². The van der Waals surface area contributed by atoms with Gasteiger partial charge < -0.3 is 45.1 Å². The smallest absolute Gasteiger partial charge is 0.306 e. The summed E-state index contributed by atoms with van der Waals surface area (Å²) in [6.07, 6.45) is 65.2. The van der Waals surface area contributed by atoms with E-state index in [1.54, 1.807) is 6.08 Å². The Bertz CT molecular complexity index is 1480. The standard InChI is InChI=1S/C74H141NO10/c1-4-7-10-13-16-19-22-24-26-28-30-32-33-34-36-37-39-41-43-46-49-52-55-58-61-67(78)73(82)75-65(66(77)60-57-54-51-48-45-21-18-15-12-9-6-3)64-83-74-72(71(81)70(80)68(63-76)84-74)85-69(79)62-59-56-53-50-47-44-42-40-38-35-31-29-27-25-23-20-17-14-11-8-5-2/h24,26,57,60,65-68,70-72,74,76-78,80-81H,4-23,25,27-56,58-59,61-64H2,1-3H3,(H,75,82)/b26-24+,60-57+. The highest BCUT2D eigenvalue weighted by molar-refractivity contribution is 5.80. The number of hydrogen-bond donors (Lipinski definition) is 6. The molecule has 0 aliphatic carbocycles. The van der Waals surface area contributed by atoms with Crippen LogP contribution in [0.4, 0.5) is 0 Å². The number of rotatable bonds is 65. The van der Waals surface area contributed by atoms with Gasteiger partial charge in [-0.1, -0.05) is 340 Å². The number of aliphatic hydroxyl groups excluding tert-OH is 5. The number of esters is 1. The number of hydrogen-bond acceptors (Lipinski definition) is 10. The quantitative estimate of drug-likeness (QED) is 0.0195. The van der Waals surface area contributed by atoms with Gasteiger partial charge in [0.05, 0.1) is 25.4 Å². The molecule has 1 heterocycles. The number of aliphatic hydroxyl groups is 5. The molecule has 1 aliphatic heterocycles. The van der Waals surface area contributed by atoms with Crippen LogP contribution in [0.15, 0.2) is 24.3 Å². The van der Waals surface area contributed by atoms with Crippen molar-refractivity contribution in [1.82, 2.24) is 5.32 Å². The molecule has 0 aromatic heterocycles. The third kappa shape index (κ3) is 49.6.